The smallest absolute Gasteiger partial charge is 0.484 e. The largest absolute Gasteiger partial charge is 0.573 e. The first-order valence-corrected chi connectivity index (χ1v) is 12.3. The second-order valence-electron chi connectivity index (χ2n) is 9.75. The van der Waals surface area contributed by atoms with Gasteiger partial charge in [-0.15, -0.1) is 24.5 Å². The molecule has 3 aliphatic carbocycles. The SMILES string of the molecule is C[C@@H]1[C@@H](NC(=O)c2csc(CNC(=O)COc3ccc(OC(F)(F)F)cc3)n2)C[C@H]2C[C@@H]1C2(C)C. The number of carbonyl (C=O) groups excluding carboxylic acids is 2. The first kappa shape index (κ1) is 25.3. The fourth-order valence-corrected chi connectivity index (χ4v) is 5.90. The molecule has 3 fully saturated rings. The third kappa shape index (κ3) is 5.88. The van der Waals surface area contributed by atoms with E-state index >= 15 is 0 Å². The molecule has 35 heavy (non-hydrogen) atoms. The van der Waals surface area contributed by atoms with Crippen LogP contribution in [0.15, 0.2) is 29.6 Å². The van der Waals surface area contributed by atoms with Gasteiger partial charge in [0.1, 0.15) is 22.2 Å². The number of hydrogen-bond acceptors (Lipinski definition) is 6. The number of fused-ring (bicyclic) bond motifs is 2. The minimum absolute atomic E-state index is 0.136. The molecule has 1 heterocycles. The summed E-state index contributed by atoms with van der Waals surface area (Å²) in [5.41, 5.74) is 0.684. The molecule has 11 heteroatoms. The maximum absolute atomic E-state index is 12.7. The van der Waals surface area contributed by atoms with Crippen LogP contribution >= 0.6 is 11.3 Å². The Morgan fingerprint density at radius 3 is 2.49 bits per heavy atom. The number of nitrogens with zero attached hydrogens (tertiary/aromatic N) is 1. The van der Waals surface area contributed by atoms with Gasteiger partial charge in [-0.05, 0) is 60.3 Å². The molecular formula is C24H28F3N3O4S. The minimum atomic E-state index is -4.77. The molecule has 190 valence electrons. The molecule has 2 aromatic rings. The van der Waals surface area contributed by atoms with Gasteiger partial charge in [0.15, 0.2) is 6.61 Å². The average Bonchev–Trinajstić information content (AvgIpc) is 3.26. The number of nitrogens with one attached hydrogen (secondary N) is 2. The first-order valence-electron chi connectivity index (χ1n) is 11.4. The summed E-state index contributed by atoms with van der Waals surface area (Å²) in [6, 6.07) is 4.90. The number of hydrogen-bond donors (Lipinski definition) is 2. The fraction of sp³-hybridized carbons (Fsp3) is 0.542. The molecule has 1 aromatic carbocycles. The van der Waals surface area contributed by atoms with Crippen molar-refractivity contribution < 1.29 is 32.2 Å². The quantitative estimate of drug-likeness (QED) is 0.543. The van der Waals surface area contributed by atoms with E-state index in [-0.39, 0.29) is 36.6 Å². The summed E-state index contributed by atoms with van der Waals surface area (Å²) in [6.07, 6.45) is -2.55. The molecule has 4 atom stereocenters. The highest BCUT2D eigenvalue weighted by molar-refractivity contribution is 7.09. The molecule has 0 unspecified atom stereocenters. The van der Waals surface area contributed by atoms with Crippen molar-refractivity contribution in [2.75, 3.05) is 6.61 Å². The van der Waals surface area contributed by atoms with E-state index in [2.05, 4.69) is 41.1 Å². The van der Waals surface area contributed by atoms with E-state index in [0.29, 0.717) is 33.9 Å². The van der Waals surface area contributed by atoms with Gasteiger partial charge in [0, 0.05) is 11.4 Å². The minimum Gasteiger partial charge on any atom is -0.484 e. The topological polar surface area (TPSA) is 89.6 Å². The summed E-state index contributed by atoms with van der Waals surface area (Å²) in [5, 5.41) is 8.05. The second kappa shape index (κ2) is 9.67. The summed E-state index contributed by atoms with van der Waals surface area (Å²) >= 11 is 1.28. The fourth-order valence-electron chi connectivity index (χ4n) is 5.19. The van der Waals surface area contributed by atoms with Gasteiger partial charge < -0.3 is 20.1 Å². The zero-order valence-corrected chi connectivity index (χ0v) is 20.5. The Hall–Kier alpha value is -2.82. The number of ether oxygens (including phenoxy) is 2. The van der Waals surface area contributed by atoms with Crippen LogP contribution in [0, 0.1) is 23.2 Å². The lowest BCUT2D eigenvalue weighted by molar-refractivity contribution is -0.274. The van der Waals surface area contributed by atoms with Gasteiger partial charge in [-0.25, -0.2) is 4.98 Å². The van der Waals surface area contributed by atoms with Crippen LogP contribution in [0.4, 0.5) is 13.2 Å². The monoisotopic (exact) mass is 511 g/mol. The molecule has 3 aliphatic rings. The molecule has 1 aromatic heterocycles. The number of aromatic nitrogens is 1. The molecule has 2 bridgehead atoms. The van der Waals surface area contributed by atoms with Gasteiger partial charge >= 0.3 is 6.36 Å². The summed E-state index contributed by atoms with van der Waals surface area (Å²) in [7, 11) is 0. The number of benzene rings is 1. The Balaban J connectivity index is 1.20. The van der Waals surface area contributed by atoms with Gasteiger partial charge in [-0.3, -0.25) is 9.59 Å². The average molecular weight is 512 g/mol. The van der Waals surface area contributed by atoms with Crippen LogP contribution in [0.1, 0.15) is 49.1 Å². The lowest BCUT2D eigenvalue weighted by Crippen LogP contribution is -2.60. The van der Waals surface area contributed by atoms with Gasteiger partial charge in [0.2, 0.25) is 0 Å². The number of carbonyl (C=O) groups is 2. The van der Waals surface area contributed by atoms with Crippen LogP contribution in [0.25, 0.3) is 0 Å². The molecule has 0 saturated heterocycles. The van der Waals surface area contributed by atoms with Crippen LogP contribution in [-0.4, -0.2) is 35.8 Å². The van der Waals surface area contributed by atoms with E-state index < -0.39 is 12.3 Å². The summed E-state index contributed by atoms with van der Waals surface area (Å²) in [6.45, 7) is 6.65. The van der Waals surface area contributed by atoms with E-state index in [1.165, 1.54) is 29.9 Å². The predicted molar refractivity (Wildman–Crippen MR) is 123 cm³/mol. The van der Waals surface area contributed by atoms with Crippen LogP contribution in [0.2, 0.25) is 0 Å². The number of rotatable bonds is 8. The predicted octanol–water partition coefficient (Wildman–Crippen LogP) is 4.54. The molecule has 7 nitrogen and oxygen atoms in total. The van der Waals surface area contributed by atoms with Crippen LogP contribution in [0.3, 0.4) is 0 Å². The Morgan fingerprint density at radius 1 is 1.17 bits per heavy atom. The van der Waals surface area contributed by atoms with Gasteiger partial charge in [-0.1, -0.05) is 20.8 Å². The normalized spacial score (nSPS) is 24.7. The van der Waals surface area contributed by atoms with Crippen molar-refractivity contribution >= 4 is 23.2 Å². The van der Waals surface area contributed by atoms with E-state index in [1.54, 1.807) is 5.38 Å². The van der Waals surface area contributed by atoms with Gasteiger partial charge in [-0.2, -0.15) is 0 Å². The molecule has 5 rings (SSSR count). The van der Waals surface area contributed by atoms with Crippen molar-refractivity contribution in [1.82, 2.24) is 15.6 Å². The Labute approximate surface area is 205 Å². The van der Waals surface area contributed by atoms with Gasteiger partial charge in [0.05, 0.1) is 6.54 Å². The lowest BCUT2D eigenvalue weighted by Gasteiger charge is -2.62. The summed E-state index contributed by atoms with van der Waals surface area (Å²) in [5.74, 6) is 0.905. The highest BCUT2D eigenvalue weighted by Crippen LogP contribution is 2.61. The number of amides is 2. The molecule has 3 saturated carbocycles. The third-order valence-electron chi connectivity index (χ3n) is 7.32. The standard InChI is InChI=1S/C24H28F3N3O4S/c1-13-17-8-14(23(17,2)3)9-18(13)30-22(32)19-12-35-21(29-19)10-28-20(31)11-33-15-4-6-16(7-5-15)34-24(25,26)27/h4-7,12-14,17-18H,8-11H2,1-3H3,(H,28,31)(H,30,32)/t13-,14+,17-,18-/m0/s1. The van der Waals surface area contributed by atoms with E-state index in [9.17, 15) is 22.8 Å². The molecule has 0 aliphatic heterocycles. The lowest BCUT2D eigenvalue weighted by atomic mass is 9.45. The highest BCUT2D eigenvalue weighted by Gasteiger charge is 2.56. The van der Waals surface area contributed by atoms with Crippen molar-refractivity contribution in [1.29, 1.82) is 0 Å². The van der Waals surface area contributed by atoms with Crippen molar-refractivity contribution in [3.63, 3.8) is 0 Å². The van der Waals surface area contributed by atoms with E-state index in [1.807, 2.05) is 0 Å². The van der Waals surface area contributed by atoms with Crippen molar-refractivity contribution in [2.45, 2.75) is 52.6 Å². The number of halogens is 3. The van der Waals surface area contributed by atoms with Crippen LogP contribution < -0.4 is 20.1 Å². The maximum Gasteiger partial charge on any atom is 0.573 e. The van der Waals surface area contributed by atoms with Crippen molar-refractivity contribution in [2.24, 2.45) is 23.2 Å². The molecule has 2 amide bonds. The van der Waals surface area contributed by atoms with Crippen LogP contribution in [0.5, 0.6) is 11.5 Å². The number of alkyl halides is 3. The highest BCUT2D eigenvalue weighted by atomic mass is 32.1. The van der Waals surface area contributed by atoms with E-state index in [4.69, 9.17) is 4.74 Å². The zero-order chi connectivity index (χ0) is 25.4. The number of thiazole rings is 1. The zero-order valence-electron chi connectivity index (χ0n) is 19.6. The second-order valence-corrected chi connectivity index (χ2v) is 10.7. The molecule has 0 radical (unpaired) electrons. The Morgan fingerprint density at radius 2 is 1.86 bits per heavy atom. The van der Waals surface area contributed by atoms with E-state index in [0.717, 1.165) is 18.6 Å². The molecule has 0 spiro atoms. The summed E-state index contributed by atoms with van der Waals surface area (Å²) in [4.78, 5) is 29.1. The van der Waals surface area contributed by atoms with Crippen molar-refractivity contribution in [3.8, 4) is 11.5 Å². The van der Waals surface area contributed by atoms with Crippen LogP contribution in [-0.2, 0) is 11.3 Å². The maximum atomic E-state index is 12.7. The first-order chi connectivity index (χ1) is 16.4. The molecular weight excluding hydrogens is 483 g/mol. The summed E-state index contributed by atoms with van der Waals surface area (Å²) < 4.78 is 45.6. The Bertz CT molecular complexity index is 1070. The van der Waals surface area contributed by atoms with Gasteiger partial charge in [0.25, 0.3) is 11.8 Å². The van der Waals surface area contributed by atoms with Crippen molar-refractivity contribution in [3.05, 3.63) is 40.3 Å². The third-order valence-corrected chi connectivity index (χ3v) is 8.17. The Kier molecular flexibility index (Phi) is 6.99. The molecule has 2 N–H and O–H groups in total.